The molecule has 1 atom stereocenters. The summed E-state index contributed by atoms with van der Waals surface area (Å²) < 4.78 is 0. The largest absolute Gasteiger partial charge is 0.394 e. The molecule has 0 radical (unpaired) electrons. The summed E-state index contributed by atoms with van der Waals surface area (Å²) in [5, 5.41) is 12.3. The number of nitrogens with one attached hydrogen (secondary N) is 1. The van der Waals surface area contributed by atoms with Crippen LogP contribution in [-0.4, -0.2) is 23.7 Å². The van der Waals surface area contributed by atoms with Crippen molar-refractivity contribution < 1.29 is 9.90 Å². The molecular weight excluding hydrogens is 261 g/mol. The summed E-state index contributed by atoms with van der Waals surface area (Å²) in [7, 11) is 0. The first-order valence-corrected chi connectivity index (χ1v) is 5.83. The number of halogens is 2. The zero-order valence-corrected chi connectivity index (χ0v) is 10.8. The molecule has 0 fully saturated rings. The molecular formula is C12H13Cl2NO2. The standard InChI is InChI=1S/C12H13Cl2NO2/c1-8(7-16)15-12(17)6-5-9-10(13)3-2-4-11(9)14/h2-6,8,16H,7H2,1H3,(H,15,17)/b6-5+. The summed E-state index contributed by atoms with van der Waals surface area (Å²) in [6.45, 7) is 1.60. The molecule has 1 rings (SSSR count). The van der Waals surface area contributed by atoms with E-state index in [4.69, 9.17) is 28.3 Å². The lowest BCUT2D eigenvalue weighted by molar-refractivity contribution is -0.117. The van der Waals surface area contributed by atoms with E-state index in [1.54, 1.807) is 31.2 Å². The third kappa shape index (κ3) is 4.38. The van der Waals surface area contributed by atoms with Crippen LogP contribution in [0, 0.1) is 0 Å². The molecule has 1 aromatic carbocycles. The number of aliphatic hydroxyl groups excluding tert-OH is 1. The van der Waals surface area contributed by atoms with Crippen molar-refractivity contribution in [3.8, 4) is 0 Å². The topological polar surface area (TPSA) is 49.3 Å². The van der Waals surface area contributed by atoms with Gasteiger partial charge in [0, 0.05) is 27.7 Å². The molecule has 1 unspecified atom stereocenters. The van der Waals surface area contributed by atoms with Gasteiger partial charge in [-0.25, -0.2) is 0 Å². The lowest BCUT2D eigenvalue weighted by atomic mass is 10.2. The van der Waals surface area contributed by atoms with Gasteiger partial charge in [0.05, 0.1) is 6.61 Å². The molecule has 17 heavy (non-hydrogen) atoms. The number of benzene rings is 1. The van der Waals surface area contributed by atoms with E-state index in [0.717, 1.165) is 0 Å². The average Bonchev–Trinajstić information content (AvgIpc) is 2.28. The second-order valence-corrected chi connectivity index (χ2v) is 4.38. The SMILES string of the molecule is CC(CO)NC(=O)/C=C/c1c(Cl)cccc1Cl. The Hall–Kier alpha value is -1.03. The molecule has 0 aliphatic rings. The number of rotatable bonds is 4. The van der Waals surface area contributed by atoms with Gasteiger partial charge in [-0.05, 0) is 25.1 Å². The van der Waals surface area contributed by atoms with Crippen molar-refractivity contribution in [3.63, 3.8) is 0 Å². The number of amides is 1. The van der Waals surface area contributed by atoms with Crippen molar-refractivity contribution in [1.29, 1.82) is 0 Å². The second kappa shape index (κ2) is 6.64. The summed E-state index contributed by atoms with van der Waals surface area (Å²) in [5.74, 6) is -0.303. The number of aliphatic hydroxyl groups is 1. The van der Waals surface area contributed by atoms with Gasteiger partial charge in [-0.2, -0.15) is 0 Å². The monoisotopic (exact) mass is 273 g/mol. The van der Waals surface area contributed by atoms with Gasteiger partial charge in [-0.1, -0.05) is 29.3 Å². The molecule has 2 N–H and O–H groups in total. The Labute approximate surface area is 110 Å². The van der Waals surface area contributed by atoms with Gasteiger partial charge in [0.2, 0.25) is 5.91 Å². The molecule has 5 heteroatoms. The molecule has 92 valence electrons. The third-order valence-electron chi connectivity index (χ3n) is 2.06. The fourth-order valence-electron chi connectivity index (χ4n) is 1.17. The predicted octanol–water partition coefficient (Wildman–Crippen LogP) is 2.50. The lowest BCUT2D eigenvalue weighted by Gasteiger charge is -2.08. The molecule has 0 aliphatic carbocycles. The third-order valence-corrected chi connectivity index (χ3v) is 2.72. The van der Waals surface area contributed by atoms with Crippen LogP contribution in [0.15, 0.2) is 24.3 Å². The maximum Gasteiger partial charge on any atom is 0.244 e. The van der Waals surface area contributed by atoms with Gasteiger partial charge in [0.25, 0.3) is 0 Å². The van der Waals surface area contributed by atoms with Gasteiger partial charge < -0.3 is 10.4 Å². The fraction of sp³-hybridized carbons (Fsp3) is 0.250. The van der Waals surface area contributed by atoms with Gasteiger partial charge in [0.15, 0.2) is 0 Å². The lowest BCUT2D eigenvalue weighted by Crippen LogP contribution is -2.33. The van der Waals surface area contributed by atoms with Crippen LogP contribution >= 0.6 is 23.2 Å². The van der Waals surface area contributed by atoms with E-state index >= 15 is 0 Å². The Balaban J connectivity index is 2.74. The Morgan fingerprint density at radius 3 is 2.59 bits per heavy atom. The van der Waals surface area contributed by atoms with E-state index in [9.17, 15) is 4.79 Å². The van der Waals surface area contributed by atoms with E-state index in [0.29, 0.717) is 15.6 Å². The van der Waals surface area contributed by atoms with Crippen LogP contribution in [0.1, 0.15) is 12.5 Å². The number of carbonyl (C=O) groups is 1. The van der Waals surface area contributed by atoms with Gasteiger partial charge in [-0.3, -0.25) is 4.79 Å². The summed E-state index contributed by atoms with van der Waals surface area (Å²) in [6, 6.07) is 4.84. The minimum absolute atomic E-state index is 0.105. The van der Waals surface area contributed by atoms with E-state index in [1.807, 2.05) is 0 Å². The molecule has 0 spiro atoms. The highest BCUT2D eigenvalue weighted by Crippen LogP contribution is 2.25. The highest BCUT2D eigenvalue weighted by molar-refractivity contribution is 6.37. The average molecular weight is 274 g/mol. The molecule has 0 saturated heterocycles. The molecule has 0 saturated carbocycles. The predicted molar refractivity (Wildman–Crippen MR) is 70.2 cm³/mol. The molecule has 0 bridgehead atoms. The number of carbonyl (C=O) groups excluding carboxylic acids is 1. The molecule has 0 aromatic heterocycles. The zero-order chi connectivity index (χ0) is 12.8. The molecule has 3 nitrogen and oxygen atoms in total. The smallest absolute Gasteiger partial charge is 0.244 e. The quantitative estimate of drug-likeness (QED) is 0.829. The van der Waals surface area contributed by atoms with Crippen molar-refractivity contribution in [2.24, 2.45) is 0 Å². The normalized spacial score (nSPS) is 12.7. The van der Waals surface area contributed by atoms with E-state index in [-0.39, 0.29) is 18.6 Å². The molecule has 0 heterocycles. The Morgan fingerprint density at radius 2 is 2.06 bits per heavy atom. The molecule has 0 aliphatic heterocycles. The first kappa shape index (κ1) is 14.0. The summed E-state index contributed by atoms with van der Waals surface area (Å²) in [6.07, 6.45) is 2.88. The zero-order valence-electron chi connectivity index (χ0n) is 9.28. The van der Waals surface area contributed by atoms with E-state index < -0.39 is 0 Å². The van der Waals surface area contributed by atoms with Crippen LogP contribution in [0.5, 0.6) is 0 Å². The van der Waals surface area contributed by atoms with Crippen molar-refractivity contribution in [2.45, 2.75) is 13.0 Å². The van der Waals surface area contributed by atoms with Crippen LogP contribution in [0.25, 0.3) is 6.08 Å². The first-order chi connectivity index (χ1) is 8.04. The minimum atomic E-state index is -0.303. The number of hydrogen-bond donors (Lipinski definition) is 2. The highest BCUT2D eigenvalue weighted by atomic mass is 35.5. The summed E-state index contributed by atoms with van der Waals surface area (Å²) in [5.41, 5.74) is 0.600. The van der Waals surface area contributed by atoms with Crippen molar-refractivity contribution >= 4 is 35.2 Å². The first-order valence-electron chi connectivity index (χ1n) is 5.08. The van der Waals surface area contributed by atoms with Crippen molar-refractivity contribution in [1.82, 2.24) is 5.32 Å². The summed E-state index contributed by atoms with van der Waals surface area (Å²) >= 11 is 11.9. The van der Waals surface area contributed by atoms with Crippen LogP contribution < -0.4 is 5.32 Å². The maximum atomic E-state index is 11.4. The van der Waals surface area contributed by atoms with Crippen LogP contribution in [0.3, 0.4) is 0 Å². The van der Waals surface area contributed by atoms with Gasteiger partial charge >= 0.3 is 0 Å². The van der Waals surface area contributed by atoms with Gasteiger partial charge in [-0.15, -0.1) is 0 Å². The highest BCUT2D eigenvalue weighted by Gasteiger charge is 2.04. The second-order valence-electron chi connectivity index (χ2n) is 3.56. The Morgan fingerprint density at radius 1 is 1.47 bits per heavy atom. The van der Waals surface area contributed by atoms with Crippen LogP contribution in [-0.2, 0) is 4.79 Å². The van der Waals surface area contributed by atoms with Crippen LogP contribution in [0.2, 0.25) is 10.0 Å². The Kier molecular flexibility index (Phi) is 5.48. The van der Waals surface area contributed by atoms with Crippen LogP contribution in [0.4, 0.5) is 0 Å². The molecule has 1 aromatic rings. The summed E-state index contributed by atoms with van der Waals surface area (Å²) in [4.78, 5) is 11.4. The minimum Gasteiger partial charge on any atom is -0.394 e. The molecule has 1 amide bonds. The van der Waals surface area contributed by atoms with Crippen molar-refractivity contribution in [3.05, 3.63) is 39.9 Å². The van der Waals surface area contributed by atoms with Gasteiger partial charge in [0.1, 0.15) is 0 Å². The Bertz CT molecular complexity index is 412. The van der Waals surface area contributed by atoms with Crippen molar-refractivity contribution in [2.75, 3.05) is 6.61 Å². The van der Waals surface area contributed by atoms with E-state index in [2.05, 4.69) is 5.32 Å². The maximum absolute atomic E-state index is 11.4. The fourth-order valence-corrected chi connectivity index (χ4v) is 1.69. The van der Waals surface area contributed by atoms with E-state index in [1.165, 1.54) is 6.08 Å². The number of hydrogen-bond acceptors (Lipinski definition) is 2.